The van der Waals surface area contributed by atoms with Crippen molar-refractivity contribution in [2.24, 2.45) is 0 Å². The van der Waals surface area contributed by atoms with Gasteiger partial charge < -0.3 is 19.5 Å². The molecule has 12 heteroatoms. The number of anilines is 1. The van der Waals surface area contributed by atoms with Crippen LogP contribution in [0.1, 0.15) is 42.9 Å². The van der Waals surface area contributed by atoms with Crippen LogP contribution in [-0.4, -0.2) is 49.7 Å². The first-order chi connectivity index (χ1) is 16.6. The van der Waals surface area contributed by atoms with Crippen molar-refractivity contribution in [2.45, 2.75) is 46.0 Å². The molecule has 2 rings (SSSR count). The third kappa shape index (κ3) is 6.05. The zero-order valence-corrected chi connectivity index (χ0v) is 20.5. The van der Waals surface area contributed by atoms with E-state index in [4.69, 9.17) is 4.74 Å². The number of alkyl carbamates (subject to hydrolysis) is 1. The van der Waals surface area contributed by atoms with Crippen LogP contribution in [0.2, 0.25) is 0 Å². The lowest BCUT2D eigenvalue weighted by molar-refractivity contribution is -0.205. The number of nitrogens with one attached hydrogen (secondary N) is 2. The van der Waals surface area contributed by atoms with Crippen molar-refractivity contribution < 1.29 is 41.8 Å². The summed E-state index contributed by atoms with van der Waals surface area (Å²) in [4.78, 5) is 38.4. The summed E-state index contributed by atoms with van der Waals surface area (Å²) in [6.07, 6.45) is -6.52. The van der Waals surface area contributed by atoms with Gasteiger partial charge in [0.05, 0.1) is 19.8 Å². The van der Waals surface area contributed by atoms with Gasteiger partial charge in [-0.05, 0) is 32.8 Å². The number of thiophene rings is 1. The average molecular weight is 517 g/mol. The summed E-state index contributed by atoms with van der Waals surface area (Å²) in [5.41, 5.74) is -2.98. The smallest absolute Gasteiger partial charge is 0.442 e. The van der Waals surface area contributed by atoms with Gasteiger partial charge in [0.25, 0.3) is 0 Å². The molecule has 2 N–H and O–H groups in total. The Balaban J connectivity index is 2.81. The number of alkyl halides is 3. The molecule has 0 saturated carbocycles. The van der Waals surface area contributed by atoms with E-state index in [1.54, 1.807) is 49.5 Å². The molecule has 8 nitrogen and oxygen atoms in total. The molecule has 1 heterocycles. The van der Waals surface area contributed by atoms with E-state index < -0.39 is 36.5 Å². The highest BCUT2D eigenvalue weighted by atomic mass is 32.1. The molecule has 1 atom stereocenters. The quantitative estimate of drug-likeness (QED) is 0.256. The molecule has 0 fully saturated rings. The first kappa shape index (κ1) is 28.0. The SMILES string of the molecule is CCOC(=O)NC(Nc1sc(CC)c(-c2ccccc2)c1C(=O)OCC)(C(=O)OCC)C(F)(F)F. The van der Waals surface area contributed by atoms with Crippen molar-refractivity contribution in [2.75, 3.05) is 25.1 Å². The Kier molecular flexibility index (Phi) is 9.52. The number of amides is 1. The van der Waals surface area contributed by atoms with Crippen LogP contribution < -0.4 is 10.6 Å². The van der Waals surface area contributed by atoms with Gasteiger partial charge in [0.15, 0.2) is 0 Å². The van der Waals surface area contributed by atoms with Crippen molar-refractivity contribution in [1.29, 1.82) is 0 Å². The van der Waals surface area contributed by atoms with Gasteiger partial charge in [-0.2, -0.15) is 13.2 Å². The van der Waals surface area contributed by atoms with E-state index >= 15 is 0 Å². The van der Waals surface area contributed by atoms with Crippen LogP contribution in [0, 0.1) is 0 Å². The molecule has 0 spiro atoms. The van der Waals surface area contributed by atoms with E-state index in [0.29, 0.717) is 22.4 Å². The number of hydrogen-bond donors (Lipinski definition) is 2. The highest BCUT2D eigenvalue weighted by Crippen LogP contribution is 2.44. The van der Waals surface area contributed by atoms with Crippen LogP contribution >= 0.6 is 11.3 Å². The third-order valence-corrected chi connectivity index (χ3v) is 5.97. The van der Waals surface area contributed by atoms with Gasteiger partial charge in [0.1, 0.15) is 10.6 Å². The van der Waals surface area contributed by atoms with Crippen LogP contribution in [0.15, 0.2) is 30.3 Å². The summed E-state index contributed by atoms with van der Waals surface area (Å²) in [6.45, 7) is 5.37. The second-order valence-corrected chi connectivity index (χ2v) is 8.09. The van der Waals surface area contributed by atoms with Crippen LogP contribution in [-0.2, 0) is 25.4 Å². The van der Waals surface area contributed by atoms with Crippen molar-refractivity contribution in [1.82, 2.24) is 5.32 Å². The van der Waals surface area contributed by atoms with Crippen LogP contribution in [0.5, 0.6) is 0 Å². The number of carbonyl (C=O) groups is 3. The Morgan fingerprint density at radius 1 is 0.914 bits per heavy atom. The second kappa shape index (κ2) is 11.9. The van der Waals surface area contributed by atoms with Gasteiger partial charge in [0.2, 0.25) is 0 Å². The summed E-state index contributed by atoms with van der Waals surface area (Å²) < 4.78 is 57.9. The number of esters is 2. The molecule has 0 aliphatic heterocycles. The minimum atomic E-state index is -5.39. The number of benzene rings is 1. The van der Waals surface area contributed by atoms with Crippen molar-refractivity contribution in [3.63, 3.8) is 0 Å². The lowest BCUT2D eigenvalue weighted by atomic mass is 9.99. The molecule has 1 unspecified atom stereocenters. The fraction of sp³-hybridized carbons (Fsp3) is 0.435. The molecule has 0 radical (unpaired) electrons. The number of halogens is 3. The van der Waals surface area contributed by atoms with E-state index in [1.165, 1.54) is 13.8 Å². The zero-order valence-electron chi connectivity index (χ0n) is 19.7. The van der Waals surface area contributed by atoms with Gasteiger partial charge in [-0.3, -0.25) is 5.32 Å². The van der Waals surface area contributed by atoms with Crippen molar-refractivity contribution in [3.8, 4) is 11.1 Å². The van der Waals surface area contributed by atoms with Crippen LogP contribution in [0.4, 0.5) is 23.0 Å². The minimum Gasteiger partial charge on any atom is -0.463 e. The molecule has 2 aromatic rings. The highest BCUT2D eigenvalue weighted by molar-refractivity contribution is 7.17. The van der Waals surface area contributed by atoms with Gasteiger partial charge in [-0.1, -0.05) is 37.3 Å². The number of hydrogen-bond acceptors (Lipinski definition) is 8. The molecule has 1 aromatic heterocycles. The Hall–Kier alpha value is -3.28. The standard InChI is InChI=1S/C23H27F3N2O6S/c1-5-15-16(14-12-10-9-11-13-14)17(19(29)32-6-2)18(35-15)27-22(23(24,25)26,20(30)33-7-3)28-21(31)34-8-4/h9-13,27H,5-8H2,1-4H3,(H,28,31). The first-order valence-electron chi connectivity index (χ1n) is 10.9. The lowest BCUT2D eigenvalue weighted by Crippen LogP contribution is -2.69. The van der Waals surface area contributed by atoms with Gasteiger partial charge >= 0.3 is 29.9 Å². The maximum absolute atomic E-state index is 14.5. The topological polar surface area (TPSA) is 103 Å². The Labute approximate surface area is 204 Å². The molecule has 0 bridgehead atoms. The number of rotatable bonds is 10. The Morgan fingerprint density at radius 3 is 2.03 bits per heavy atom. The fourth-order valence-electron chi connectivity index (χ4n) is 3.24. The van der Waals surface area contributed by atoms with Crippen LogP contribution in [0.25, 0.3) is 11.1 Å². The minimum absolute atomic E-state index is 0.0345. The molecule has 1 amide bonds. The maximum Gasteiger partial charge on any atom is 0.442 e. The second-order valence-electron chi connectivity index (χ2n) is 6.98. The molecule has 1 aromatic carbocycles. The summed E-state index contributed by atoms with van der Waals surface area (Å²) in [7, 11) is 0. The fourth-order valence-corrected chi connectivity index (χ4v) is 4.45. The first-order valence-corrected chi connectivity index (χ1v) is 11.7. The van der Waals surface area contributed by atoms with Crippen molar-refractivity contribution in [3.05, 3.63) is 40.8 Å². The summed E-state index contributed by atoms with van der Waals surface area (Å²) in [6, 6.07) is 8.59. The number of aryl methyl sites for hydroxylation is 1. The zero-order chi connectivity index (χ0) is 26.2. The molecule has 0 aliphatic carbocycles. The normalized spacial score (nSPS) is 12.9. The summed E-state index contributed by atoms with van der Waals surface area (Å²) in [5.74, 6) is -2.70. The molecule has 192 valence electrons. The summed E-state index contributed by atoms with van der Waals surface area (Å²) in [5, 5.41) is 3.34. The number of carbonyl (C=O) groups excluding carboxylic acids is 3. The van der Waals surface area contributed by atoms with E-state index in [0.717, 1.165) is 11.3 Å². The van der Waals surface area contributed by atoms with Crippen molar-refractivity contribution >= 4 is 34.4 Å². The average Bonchev–Trinajstić information content (AvgIpc) is 3.17. The molecule has 0 saturated heterocycles. The number of ether oxygens (including phenoxy) is 3. The Morgan fingerprint density at radius 2 is 1.51 bits per heavy atom. The molecular formula is C23H27F3N2O6S. The molecular weight excluding hydrogens is 489 g/mol. The Bertz CT molecular complexity index is 1040. The van der Waals surface area contributed by atoms with E-state index in [9.17, 15) is 27.6 Å². The molecule has 35 heavy (non-hydrogen) atoms. The monoisotopic (exact) mass is 516 g/mol. The third-order valence-electron chi connectivity index (χ3n) is 4.72. The van der Waals surface area contributed by atoms with E-state index in [2.05, 4.69) is 14.8 Å². The predicted molar refractivity (Wildman–Crippen MR) is 124 cm³/mol. The maximum atomic E-state index is 14.5. The lowest BCUT2D eigenvalue weighted by Gasteiger charge is -2.34. The van der Waals surface area contributed by atoms with Crippen LogP contribution in [0.3, 0.4) is 0 Å². The highest BCUT2D eigenvalue weighted by Gasteiger charge is 2.64. The summed E-state index contributed by atoms with van der Waals surface area (Å²) >= 11 is 0.842. The molecule has 0 aliphatic rings. The van der Waals surface area contributed by atoms with Gasteiger partial charge in [-0.25, -0.2) is 14.4 Å². The van der Waals surface area contributed by atoms with E-state index in [1.807, 2.05) is 0 Å². The van der Waals surface area contributed by atoms with Gasteiger partial charge in [-0.15, -0.1) is 11.3 Å². The van der Waals surface area contributed by atoms with E-state index in [-0.39, 0.29) is 23.8 Å². The largest absolute Gasteiger partial charge is 0.463 e. The van der Waals surface area contributed by atoms with Gasteiger partial charge in [0, 0.05) is 10.4 Å². The predicted octanol–water partition coefficient (Wildman–Crippen LogP) is 5.13.